The van der Waals surface area contributed by atoms with Gasteiger partial charge < -0.3 is 10.6 Å². The summed E-state index contributed by atoms with van der Waals surface area (Å²) < 4.78 is 0. The van der Waals surface area contributed by atoms with Crippen LogP contribution in [-0.4, -0.2) is 34.3 Å². The third-order valence-corrected chi connectivity index (χ3v) is 5.09. The molecule has 1 aliphatic heterocycles. The number of amides is 4. The fraction of sp³-hybridized carbons (Fsp3) is 0.250. The Morgan fingerprint density at radius 1 is 1.38 bits per heavy atom. The summed E-state index contributed by atoms with van der Waals surface area (Å²) in [5.41, 5.74) is 0.848. The van der Waals surface area contributed by atoms with Gasteiger partial charge in [0.05, 0.1) is 0 Å². The Morgan fingerprint density at radius 3 is 3.00 bits per heavy atom. The van der Waals surface area contributed by atoms with Gasteiger partial charge in [0.25, 0.3) is 5.91 Å². The van der Waals surface area contributed by atoms with E-state index in [1.165, 1.54) is 11.3 Å². The number of urea groups is 1. The summed E-state index contributed by atoms with van der Waals surface area (Å²) in [5.74, 6) is -0.816. The van der Waals surface area contributed by atoms with Crippen LogP contribution in [0.25, 0.3) is 0 Å². The lowest BCUT2D eigenvalue weighted by atomic mass is 9.92. The topological polar surface area (TPSA) is 91.4 Å². The van der Waals surface area contributed by atoms with E-state index in [0.29, 0.717) is 11.6 Å². The molecule has 1 aromatic carbocycles. The number of rotatable bonds is 3. The van der Waals surface area contributed by atoms with Gasteiger partial charge in [-0.25, -0.2) is 9.78 Å². The van der Waals surface area contributed by atoms with E-state index in [-0.39, 0.29) is 12.5 Å². The number of carbonyl (C=O) groups excluding carboxylic acids is 3. The highest BCUT2D eigenvalue weighted by atomic mass is 32.1. The molecule has 0 unspecified atom stereocenters. The van der Waals surface area contributed by atoms with Crippen molar-refractivity contribution in [3.8, 4) is 0 Å². The molecule has 4 amide bonds. The van der Waals surface area contributed by atoms with Gasteiger partial charge >= 0.3 is 6.03 Å². The van der Waals surface area contributed by atoms with Crippen LogP contribution >= 0.6 is 11.3 Å². The zero-order valence-electron chi connectivity index (χ0n) is 12.6. The standard InChI is InChI=1S/C16H14N4O3S/c21-12(18-14-17-7-8-24-14)9-20-13(22)16(19-15(20)23)6-5-10-3-1-2-4-11(10)16/h1-4,7-8H,5-6,9H2,(H,19,23)(H,17,18,21)/t16-/m0/s1. The minimum Gasteiger partial charge on any atom is -0.319 e. The molecule has 2 aromatic rings. The molecule has 0 saturated carbocycles. The fourth-order valence-corrected chi connectivity index (χ4v) is 3.87. The lowest BCUT2D eigenvalue weighted by Crippen LogP contribution is -2.42. The van der Waals surface area contributed by atoms with Crippen molar-refractivity contribution in [1.82, 2.24) is 15.2 Å². The van der Waals surface area contributed by atoms with Gasteiger partial charge in [-0.3, -0.25) is 14.5 Å². The Kier molecular flexibility index (Phi) is 3.34. The van der Waals surface area contributed by atoms with E-state index < -0.39 is 17.5 Å². The minimum atomic E-state index is -1.03. The number of anilines is 1. The van der Waals surface area contributed by atoms with E-state index in [9.17, 15) is 14.4 Å². The molecule has 2 heterocycles. The molecular formula is C16H14N4O3S. The molecule has 1 aromatic heterocycles. The van der Waals surface area contributed by atoms with Crippen molar-refractivity contribution in [1.29, 1.82) is 0 Å². The van der Waals surface area contributed by atoms with E-state index in [1.807, 2.05) is 24.3 Å². The molecule has 7 nitrogen and oxygen atoms in total. The van der Waals surface area contributed by atoms with E-state index >= 15 is 0 Å². The minimum absolute atomic E-state index is 0.325. The van der Waals surface area contributed by atoms with Crippen LogP contribution in [-0.2, 0) is 21.5 Å². The van der Waals surface area contributed by atoms with Crippen LogP contribution < -0.4 is 10.6 Å². The fourth-order valence-electron chi connectivity index (χ4n) is 3.32. The normalized spacial score (nSPS) is 21.9. The number of thiazole rings is 1. The highest BCUT2D eigenvalue weighted by Gasteiger charge is 2.55. The third-order valence-electron chi connectivity index (χ3n) is 4.40. The second-order valence-electron chi connectivity index (χ2n) is 5.77. The van der Waals surface area contributed by atoms with Crippen molar-refractivity contribution >= 4 is 34.3 Å². The van der Waals surface area contributed by atoms with Gasteiger partial charge in [0.2, 0.25) is 5.91 Å². The van der Waals surface area contributed by atoms with Crippen LogP contribution in [0, 0.1) is 0 Å². The zero-order chi connectivity index (χ0) is 16.7. The van der Waals surface area contributed by atoms with Crippen molar-refractivity contribution in [2.24, 2.45) is 0 Å². The van der Waals surface area contributed by atoms with E-state index in [2.05, 4.69) is 15.6 Å². The number of imide groups is 1. The van der Waals surface area contributed by atoms with Gasteiger partial charge in [-0.05, 0) is 24.0 Å². The predicted octanol–water partition coefficient (Wildman–Crippen LogP) is 1.48. The molecule has 24 heavy (non-hydrogen) atoms. The Bertz CT molecular complexity index is 836. The van der Waals surface area contributed by atoms with Crippen LogP contribution in [0.5, 0.6) is 0 Å². The molecule has 2 aliphatic rings. The molecule has 8 heteroatoms. The van der Waals surface area contributed by atoms with Crippen LogP contribution in [0.15, 0.2) is 35.8 Å². The van der Waals surface area contributed by atoms with Crippen LogP contribution in [0.2, 0.25) is 0 Å². The number of aromatic nitrogens is 1. The van der Waals surface area contributed by atoms with Gasteiger partial charge in [-0.1, -0.05) is 24.3 Å². The average molecular weight is 342 g/mol. The summed E-state index contributed by atoms with van der Waals surface area (Å²) in [6, 6.07) is 7.05. The number of hydrogen-bond acceptors (Lipinski definition) is 5. The predicted molar refractivity (Wildman–Crippen MR) is 87.4 cm³/mol. The summed E-state index contributed by atoms with van der Waals surface area (Å²) in [4.78, 5) is 42.2. The van der Waals surface area contributed by atoms with Gasteiger partial charge in [-0.15, -0.1) is 11.3 Å². The van der Waals surface area contributed by atoms with Crippen LogP contribution in [0.3, 0.4) is 0 Å². The Morgan fingerprint density at radius 2 is 2.21 bits per heavy atom. The smallest absolute Gasteiger partial charge is 0.319 e. The molecule has 1 spiro atoms. The molecule has 1 aliphatic carbocycles. The number of carbonyl (C=O) groups is 3. The lowest BCUT2D eigenvalue weighted by Gasteiger charge is -2.22. The quantitative estimate of drug-likeness (QED) is 0.827. The first-order chi connectivity index (χ1) is 11.6. The molecule has 2 N–H and O–H groups in total. The second-order valence-corrected chi connectivity index (χ2v) is 6.66. The maximum absolute atomic E-state index is 12.9. The van der Waals surface area contributed by atoms with Gasteiger partial charge in [0.1, 0.15) is 12.1 Å². The number of benzene rings is 1. The highest BCUT2D eigenvalue weighted by Crippen LogP contribution is 2.41. The summed E-state index contributed by atoms with van der Waals surface area (Å²) in [5, 5.41) is 7.54. The van der Waals surface area contributed by atoms with Crippen molar-refractivity contribution in [2.45, 2.75) is 18.4 Å². The molecule has 1 fully saturated rings. The Labute approximate surface area is 141 Å². The molecule has 4 rings (SSSR count). The van der Waals surface area contributed by atoms with Crippen molar-refractivity contribution < 1.29 is 14.4 Å². The van der Waals surface area contributed by atoms with Gasteiger partial charge in [-0.2, -0.15) is 0 Å². The van der Waals surface area contributed by atoms with E-state index in [4.69, 9.17) is 0 Å². The Hall–Kier alpha value is -2.74. The number of aryl methyl sites for hydroxylation is 1. The van der Waals surface area contributed by atoms with Crippen LogP contribution in [0.1, 0.15) is 17.5 Å². The first-order valence-corrected chi connectivity index (χ1v) is 8.40. The molecule has 1 saturated heterocycles. The Balaban J connectivity index is 1.56. The second kappa shape index (κ2) is 5.41. The van der Waals surface area contributed by atoms with Gasteiger partial charge in [0, 0.05) is 11.6 Å². The summed E-state index contributed by atoms with van der Waals surface area (Å²) in [6.45, 7) is -0.325. The molecule has 122 valence electrons. The highest BCUT2D eigenvalue weighted by molar-refractivity contribution is 7.13. The maximum Gasteiger partial charge on any atom is 0.325 e. The third kappa shape index (κ3) is 2.18. The molecule has 0 bridgehead atoms. The summed E-state index contributed by atoms with van der Waals surface area (Å²) in [6.07, 6.45) is 2.81. The first kappa shape index (κ1) is 14.8. The number of nitrogens with zero attached hydrogens (tertiary/aromatic N) is 2. The van der Waals surface area contributed by atoms with E-state index in [1.54, 1.807) is 11.6 Å². The monoisotopic (exact) mass is 342 g/mol. The SMILES string of the molecule is O=C(CN1C(=O)N[C@]2(CCc3ccccc32)C1=O)Nc1nccs1. The zero-order valence-corrected chi connectivity index (χ0v) is 13.4. The molecule has 0 radical (unpaired) electrons. The summed E-state index contributed by atoms with van der Waals surface area (Å²) >= 11 is 1.27. The van der Waals surface area contributed by atoms with E-state index in [0.717, 1.165) is 22.4 Å². The van der Waals surface area contributed by atoms with Crippen LogP contribution in [0.4, 0.5) is 9.93 Å². The number of hydrogen-bond donors (Lipinski definition) is 2. The number of nitrogens with one attached hydrogen (secondary N) is 2. The molecule has 1 atom stereocenters. The van der Waals surface area contributed by atoms with Crippen molar-refractivity contribution in [3.05, 3.63) is 47.0 Å². The lowest BCUT2D eigenvalue weighted by molar-refractivity contribution is -0.134. The first-order valence-electron chi connectivity index (χ1n) is 7.52. The van der Waals surface area contributed by atoms with Gasteiger partial charge in [0.15, 0.2) is 5.13 Å². The molecular weight excluding hydrogens is 328 g/mol. The largest absolute Gasteiger partial charge is 0.325 e. The van der Waals surface area contributed by atoms with Crippen molar-refractivity contribution in [2.75, 3.05) is 11.9 Å². The maximum atomic E-state index is 12.9. The average Bonchev–Trinajstić information content (AvgIpc) is 3.25. The summed E-state index contributed by atoms with van der Waals surface area (Å²) in [7, 11) is 0. The van der Waals surface area contributed by atoms with Crippen molar-refractivity contribution in [3.63, 3.8) is 0 Å². The number of fused-ring (bicyclic) bond motifs is 2.